The third-order valence-corrected chi connectivity index (χ3v) is 15.1. The Hall–Kier alpha value is -5.05. The van der Waals surface area contributed by atoms with Crippen molar-refractivity contribution in [1.82, 2.24) is 5.32 Å². The van der Waals surface area contributed by atoms with Crippen molar-refractivity contribution in [2.75, 3.05) is 0 Å². The maximum absolute atomic E-state index is 5.29. The number of hydrogen-bond acceptors (Lipinski definition) is 2. The molecule has 2 heteroatoms. The second-order valence-corrected chi connectivity index (χ2v) is 18.5. The third-order valence-electron chi connectivity index (χ3n) is 15.1. The molecule has 6 aliphatic carbocycles. The van der Waals surface area contributed by atoms with Crippen LogP contribution >= 0.6 is 0 Å². The fourth-order valence-electron chi connectivity index (χ4n) is 12.0. The fraction of sp³-hybridized carbons (Fsp3) is 0.327. The molecule has 2 nitrogen and oxygen atoms in total. The van der Waals surface area contributed by atoms with E-state index in [-0.39, 0.29) is 11.6 Å². The van der Waals surface area contributed by atoms with Gasteiger partial charge in [-0.2, -0.15) is 0 Å². The molecule has 57 heavy (non-hydrogen) atoms. The van der Waals surface area contributed by atoms with Crippen molar-refractivity contribution < 1.29 is 0 Å². The molecular weight excluding hydrogens is 689 g/mol. The van der Waals surface area contributed by atoms with E-state index in [1.807, 2.05) is 0 Å². The molecule has 0 aromatic heterocycles. The molecule has 6 atom stereocenters. The molecule has 284 valence electrons. The minimum Gasteiger partial charge on any atom is -0.288 e. The SMILES string of the molecule is CC1(C)C2=CC3c4ccccc4C4(CCCCC4)C3C=C2c2cc(C3=CCC(c4ccc(C5=NC(c6ccccc6)NC(C6C=CC=CC6)C5)cc4)C=C3)ccc21. The smallest absolute Gasteiger partial charge is 0.126 e. The summed E-state index contributed by atoms with van der Waals surface area (Å²) in [6.07, 6.45) is 31.5. The van der Waals surface area contributed by atoms with Gasteiger partial charge in [-0.15, -0.1) is 0 Å². The maximum atomic E-state index is 5.29. The summed E-state index contributed by atoms with van der Waals surface area (Å²) >= 11 is 0. The Morgan fingerprint density at radius 2 is 1.53 bits per heavy atom. The highest BCUT2D eigenvalue weighted by Crippen LogP contribution is 2.63. The lowest BCUT2D eigenvalue weighted by atomic mass is 9.62. The Bertz CT molecular complexity index is 2440. The average Bonchev–Trinajstić information content (AvgIpc) is 3.66. The van der Waals surface area contributed by atoms with Gasteiger partial charge in [0.25, 0.3) is 0 Å². The maximum Gasteiger partial charge on any atom is 0.126 e. The van der Waals surface area contributed by atoms with Crippen molar-refractivity contribution in [3.63, 3.8) is 0 Å². The normalized spacial score (nSPS) is 28.7. The van der Waals surface area contributed by atoms with Crippen LogP contribution in [-0.4, -0.2) is 11.8 Å². The van der Waals surface area contributed by atoms with Crippen LogP contribution in [0.15, 0.2) is 162 Å². The summed E-state index contributed by atoms with van der Waals surface area (Å²) in [6, 6.07) is 37.2. The van der Waals surface area contributed by atoms with Crippen molar-refractivity contribution in [2.45, 2.75) is 100 Å². The summed E-state index contributed by atoms with van der Waals surface area (Å²) in [5, 5.41) is 3.88. The molecule has 0 saturated heterocycles. The van der Waals surface area contributed by atoms with Crippen LogP contribution in [0, 0.1) is 11.8 Å². The molecule has 1 saturated carbocycles. The zero-order valence-corrected chi connectivity index (χ0v) is 33.5. The Morgan fingerprint density at radius 3 is 2.32 bits per heavy atom. The number of nitrogens with one attached hydrogen (secondary N) is 1. The van der Waals surface area contributed by atoms with Crippen LogP contribution < -0.4 is 5.32 Å². The van der Waals surface area contributed by atoms with Gasteiger partial charge < -0.3 is 0 Å². The number of nitrogens with zero attached hydrogens (tertiary/aromatic N) is 1. The molecule has 1 heterocycles. The Morgan fingerprint density at radius 1 is 0.719 bits per heavy atom. The van der Waals surface area contributed by atoms with Crippen LogP contribution in [0.5, 0.6) is 0 Å². The monoisotopic (exact) mass is 742 g/mol. The first-order chi connectivity index (χ1) is 28.0. The van der Waals surface area contributed by atoms with E-state index in [9.17, 15) is 0 Å². The van der Waals surface area contributed by atoms with E-state index in [0.29, 0.717) is 35.1 Å². The van der Waals surface area contributed by atoms with Crippen LogP contribution in [0.2, 0.25) is 0 Å². The molecule has 1 spiro atoms. The van der Waals surface area contributed by atoms with Gasteiger partial charge in [0.2, 0.25) is 0 Å². The summed E-state index contributed by atoms with van der Waals surface area (Å²) in [6.45, 7) is 4.91. The van der Waals surface area contributed by atoms with Crippen LogP contribution in [0.4, 0.5) is 0 Å². The van der Waals surface area contributed by atoms with Gasteiger partial charge in [0.05, 0.1) is 0 Å². The molecule has 7 aliphatic rings. The Balaban J connectivity index is 0.842. The third kappa shape index (κ3) is 5.81. The van der Waals surface area contributed by atoms with Crippen molar-refractivity contribution in [1.29, 1.82) is 0 Å². The van der Waals surface area contributed by atoms with Crippen molar-refractivity contribution in [3.05, 3.63) is 202 Å². The van der Waals surface area contributed by atoms with E-state index in [1.54, 1.807) is 16.7 Å². The van der Waals surface area contributed by atoms with Gasteiger partial charge in [-0.1, -0.05) is 179 Å². The molecule has 0 bridgehead atoms. The highest BCUT2D eigenvalue weighted by molar-refractivity contribution is 6.01. The molecular formula is C55H54N2. The largest absolute Gasteiger partial charge is 0.288 e. The average molecular weight is 743 g/mol. The van der Waals surface area contributed by atoms with Crippen LogP contribution in [0.3, 0.4) is 0 Å². The zero-order valence-electron chi connectivity index (χ0n) is 33.5. The standard InChI is InChI=1S/C55H54N2/c1-54(2)47-29-28-42(32-44(47)46-34-50-45(33-49(46)54)43-18-10-11-19-48(43)55(50)30-12-5-13-31-55)38-22-20-36(21-23-38)37-24-26-40(27-25-37)52-35-51(39-14-6-3-7-15-39)56-53(57-52)41-16-8-4-9-17-41/h3-4,6-11,14,16-20,22-29,32-34,36,39,45,50-51,53,56H,5,12-13,15,21,30-31,35H2,1-2H3. The van der Waals surface area contributed by atoms with Gasteiger partial charge in [-0.3, -0.25) is 10.3 Å². The topological polar surface area (TPSA) is 24.4 Å². The van der Waals surface area contributed by atoms with Crippen LogP contribution in [0.25, 0.3) is 11.1 Å². The highest BCUT2D eigenvalue weighted by atomic mass is 15.1. The molecule has 4 aromatic rings. The van der Waals surface area contributed by atoms with E-state index in [2.05, 4.69) is 171 Å². The summed E-state index contributed by atoms with van der Waals surface area (Å²) < 4.78 is 0. The van der Waals surface area contributed by atoms with Crippen molar-refractivity contribution in [3.8, 4) is 0 Å². The van der Waals surface area contributed by atoms with Gasteiger partial charge in [0, 0.05) is 40.8 Å². The Labute approximate surface area is 339 Å². The number of benzene rings is 4. The van der Waals surface area contributed by atoms with E-state index in [0.717, 1.165) is 19.3 Å². The predicted molar refractivity (Wildman–Crippen MR) is 238 cm³/mol. The minimum atomic E-state index is -0.0311. The fourth-order valence-corrected chi connectivity index (χ4v) is 12.0. The number of aliphatic imine (C=N–C) groups is 1. The molecule has 4 aromatic carbocycles. The number of rotatable bonds is 5. The van der Waals surface area contributed by atoms with E-state index in [1.165, 1.54) is 82.3 Å². The molecule has 6 unspecified atom stereocenters. The van der Waals surface area contributed by atoms with Crippen molar-refractivity contribution >= 4 is 16.9 Å². The van der Waals surface area contributed by atoms with E-state index < -0.39 is 0 Å². The summed E-state index contributed by atoms with van der Waals surface area (Å²) in [4.78, 5) is 5.29. The first-order valence-corrected chi connectivity index (χ1v) is 21.9. The van der Waals surface area contributed by atoms with Gasteiger partial charge in [-0.05, 0) is 105 Å². The Kier molecular flexibility index (Phi) is 8.51. The second kappa shape index (κ2) is 13.8. The van der Waals surface area contributed by atoms with Crippen LogP contribution in [0.1, 0.15) is 128 Å². The molecule has 1 fully saturated rings. The van der Waals surface area contributed by atoms with Crippen LogP contribution in [-0.2, 0) is 10.8 Å². The lowest BCUT2D eigenvalue weighted by molar-refractivity contribution is 0.233. The van der Waals surface area contributed by atoms with Gasteiger partial charge >= 0.3 is 0 Å². The first kappa shape index (κ1) is 35.1. The van der Waals surface area contributed by atoms with E-state index in [4.69, 9.17) is 4.99 Å². The first-order valence-electron chi connectivity index (χ1n) is 21.9. The van der Waals surface area contributed by atoms with E-state index >= 15 is 0 Å². The van der Waals surface area contributed by atoms with Gasteiger partial charge in [0.15, 0.2) is 0 Å². The minimum absolute atomic E-state index is 0.00328. The number of fused-ring (bicyclic) bond motifs is 8. The number of allylic oxidation sites excluding steroid dienone is 11. The molecule has 1 N–H and O–H groups in total. The number of hydrogen-bond donors (Lipinski definition) is 1. The lowest BCUT2D eigenvalue weighted by Crippen LogP contribution is -2.43. The second-order valence-electron chi connectivity index (χ2n) is 18.5. The summed E-state index contributed by atoms with van der Waals surface area (Å²) in [5.74, 6) is 1.90. The quantitative estimate of drug-likeness (QED) is 0.216. The van der Waals surface area contributed by atoms with Gasteiger partial charge in [0.1, 0.15) is 6.17 Å². The zero-order chi connectivity index (χ0) is 38.1. The van der Waals surface area contributed by atoms with Gasteiger partial charge in [-0.25, -0.2) is 0 Å². The molecule has 1 aliphatic heterocycles. The summed E-state index contributed by atoms with van der Waals surface area (Å²) in [5.41, 5.74) is 17.3. The molecule has 0 amide bonds. The van der Waals surface area contributed by atoms with Crippen molar-refractivity contribution in [2.24, 2.45) is 16.8 Å². The lowest BCUT2D eigenvalue weighted by Gasteiger charge is -2.41. The predicted octanol–water partition coefficient (Wildman–Crippen LogP) is 13.0. The molecule has 0 radical (unpaired) electrons. The summed E-state index contributed by atoms with van der Waals surface area (Å²) in [7, 11) is 0. The highest BCUT2D eigenvalue weighted by Gasteiger charge is 2.53. The molecule has 11 rings (SSSR count).